The third-order valence-electron chi connectivity index (χ3n) is 4.56. The van der Waals surface area contributed by atoms with E-state index in [9.17, 15) is 8.78 Å². The van der Waals surface area contributed by atoms with Crippen molar-refractivity contribution in [1.82, 2.24) is 9.78 Å². The van der Waals surface area contributed by atoms with Crippen LogP contribution in [0.25, 0.3) is 5.69 Å². The van der Waals surface area contributed by atoms with E-state index in [0.717, 1.165) is 36.6 Å². The molecule has 21 heavy (non-hydrogen) atoms. The Kier molecular flexibility index (Phi) is 2.66. The van der Waals surface area contributed by atoms with Crippen LogP contribution in [0.4, 0.5) is 8.78 Å². The van der Waals surface area contributed by atoms with Crippen molar-refractivity contribution in [2.75, 3.05) is 0 Å². The van der Waals surface area contributed by atoms with Crippen molar-refractivity contribution in [3.05, 3.63) is 46.8 Å². The standard InChI is InChI=1S/C15H13F2N3S/c16-9-3-4-11(10(17)6-9)20-14-8-2-1-7(5-8)12(14)13(19-20)15(18)21/h3-4,6-8H,1-2,5H2,(H2,18,21). The van der Waals surface area contributed by atoms with E-state index in [1.165, 1.54) is 12.1 Å². The van der Waals surface area contributed by atoms with Gasteiger partial charge in [0.2, 0.25) is 0 Å². The van der Waals surface area contributed by atoms with Crippen LogP contribution in [0.2, 0.25) is 0 Å². The minimum Gasteiger partial charge on any atom is -0.388 e. The van der Waals surface area contributed by atoms with Gasteiger partial charge in [0.25, 0.3) is 0 Å². The van der Waals surface area contributed by atoms with Crippen LogP contribution in [0.15, 0.2) is 18.2 Å². The molecule has 6 heteroatoms. The number of rotatable bonds is 2. The summed E-state index contributed by atoms with van der Waals surface area (Å²) in [7, 11) is 0. The zero-order valence-electron chi connectivity index (χ0n) is 11.1. The SMILES string of the molecule is NC(=S)c1nn(-c2ccc(F)cc2F)c2c1C1CCC2C1. The fourth-order valence-electron chi connectivity index (χ4n) is 3.75. The Balaban J connectivity index is 1.97. The molecule has 1 heterocycles. The molecule has 108 valence electrons. The molecule has 0 aliphatic heterocycles. The summed E-state index contributed by atoms with van der Waals surface area (Å²) in [6, 6.07) is 3.52. The quantitative estimate of drug-likeness (QED) is 0.867. The Morgan fingerprint density at radius 3 is 2.76 bits per heavy atom. The molecule has 1 aromatic heterocycles. The third kappa shape index (κ3) is 1.75. The molecule has 0 saturated heterocycles. The smallest absolute Gasteiger partial charge is 0.151 e. The fourth-order valence-corrected chi connectivity index (χ4v) is 3.90. The first-order valence-corrected chi connectivity index (χ1v) is 7.35. The highest BCUT2D eigenvalue weighted by molar-refractivity contribution is 7.80. The van der Waals surface area contributed by atoms with E-state index in [4.69, 9.17) is 18.0 Å². The maximum Gasteiger partial charge on any atom is 0.151 e. The van der Waals surface area contributed by atoms with E-state index in [1.807, 2.05) is 0 Å². The molecule has 2 aliphatic rings. The highest BCUT2D eigenvalue weighted by Gasteiger charge is 2.43. The van der Waals surface area contributed by atoms with Crippen molar-refractivity contribution in [2.45, 2.75) is 31.1 Å². The molecule has 4 rings (SSSR count). The van der Waals surface area contributed by atoms with Crippen LogP contribution in [-0.4, -0.2) is 14.8 Å². The lowest BCUT2D eigenvalue weighted by atomic mass is 9.95. The molecular weight excluding hydrogens is 292 g/mol. The molecule has 0 amide bonds. The maximum absolute atomic E-state index is 14.1. The predicted octanol–water partition coefficient (Wildman–Crippen LogP) is 3.15. The number of halogens is 2. The first kappa shape index (κ1) is 12.9. The number of hydrogen-bond acceptors (Lipinski definition) is 2. The topological polar surface area (TPSA) is 43.8 Å². The van der Waals surface area contributed by atoms with Crippen molar-refractivity contribution >= 4 is 17.2 Å². The Hall–Kier alpha value is -1.82. The van der Waals surface area contributed by atoms with Crippen molar-refractivity contribution in [1.29, 1.82) is 0 Å². The predicted molar refractivity (Wildman–Crippen MR) is 78.7 cm³/mol. The molecule has 2 aromatic rings. The summed E-state index contributed by atoms with van der Waals surface area (Å²) in [5.41, 5.74) is 8.69. The number of nitrogens with two attached hydrogens (primary N) is 1. The Bertz CT molecular complexity index is 769. The van der Waals surface area contributed by atoms with Crippen molar-refractivity contribution in [2.24, 2.45) is 5.73 Å². The van der Waals surface area contributed by atoms with Crippen LogP contribution < -0.4 is 5.73 Å². The molecule has 2 atom stereocenters. The fraction of sp³-hybridized carbons (Fsp3) is 0.333. The molecule has 1 saturated carbocycles. The third-order valence-corrected chi connectivity index (χ3v) is 4.75. The number of benzene rings is 1. The van der Waals surface area contributed by atoms with Crippen LogP contribution >= 0.6 is 12.2 Å². The number of aromatic nitrogens is 2. The summed E-state index contributed by atoms with van der Waals surface area (Å²) in [6.45, 7) is 0. The summed E-state index contributed by atoms with van der Waals surface area (Å²) in [6.07, 6.45) is 3.22. The highest BCUT2D eigenvalue weighted by Crippen LogP contribution is 2.54. The summed E-state index contributed by atoms with van der Waals surface area (Å²) >= 11 is 5.08. The van der Waals surface area contributed by atoms with Gasteiger partial charge in [0.1, 0.15) is 22.2 Å². The van der Waals surface area contributed by atoms with Crippen LogP contribution in [0.5, 0.6) is 0 Å². The van der Waals surface area contributed by atoms with Gasteiger partial charge in [0.15, 0.2) is 5.82 Å². The van der Waals surface area contributed by atoms with Gasteiger partial charge in [-0.3, -0.25) is 0 Å². The van der Waals surface area contributed by atoms with Crippen LogP contribution in [0, 0.1) is 11.6 Å². The lowest BCUT2D eigenvalue weighted by molar-refractivity contribution is 0.566. The second-order valence-electron chi connectivity index (χ2n) is 5.73. The van der Waals surface area contributed by atoms with Gasteiger partial charge in [-0.05, 0) is 37.3 Å². The van der Waals surface area contributed by atoms with Crippen molar-refractivity contribution < 1.29 is 8.78 Å². The number of thiocarbonyl (C=S) groups is 1. The van der Waals surface area contributed by atoms with E-state index in [0.29, 0.717) is 17.5 Å². The zero-order valence-corrected chi connectivity index (χ0v) is 12.0. The molecule has 2 bridgehead atoms. The second kappa shape index (κ2) is 4.34. The minimum atomic E-state index is -0.627. The minimum absolute atomic E-state index is 0.236. The van der Waals surface area contributed by atoms with E-state index >= 15 is 0 Å². The van der Waals surface area contributed by atoms with Gasteiger partial charge in [0, 0.05) is 17.5 Å². The molecule has 0 radical (unpaired) electrons. The molecule has 2 aliphatic carbocycles. The normalized spacial score (nSPS) is 22.6. The Morgan fingerprint density at radius 2 is 2.05 bits per heavy atom. The Labute approximate surface area is 125 Å². The molecule has 2 N–H and O–H groups in total. The van der Waals surface area contributed by atoms with Crippen LogP contribution in [-0.2, 0) is 0 Å². The largest absolute Gasteiger partial charge is 0.388 e. The summed E-state index contributed by atoms with van der Waals surface area (Å²) in [5.74, 6) is -0.447. The summed E-state index contributed by atoms with van der Waals surface area (Å²) in [4.78, 5) is 0.236. The summed E-state index contributed by atoms with van der Waals surface area (Å²) < 4.78 is 28.8. The zero-order chi connectivity index (χ0) is 14.7. The van der Waals surface area contributed by atoms with E-state index in [2.05, 4.69) is 5.10 Å². The highest BCUT2D eigenvalue weighted by atomic mass is 32.1. The molecule has 2 unspecified atom stereocenters. The van der Waals surface area contributed by atoms with E-state index in [-0.39, 0.29) is 10.7 Å². The molecule has 3 nitrogen and oxygen atoms in total. The van der Waals surface area contributed by atoms with Crippen molar-refractivity contribution in [3.8, 4) is 5.69 Å². The average molecular weight is 305 g/mol. The van der Waals surface area contributed by atoms with Crippen LogP contribution in [0.1, 0.15) is 48.0 Å². The van der Waals surface area contributed by atoms with Gasteiger partial charge in [0.05, 0.1) is 5.69 Å². The molecule has 0 spiro atoms. The van der Waals surface area contributed by atoms with Gasteiger partial charge in [-0.1, -0.05) is 12.2 Å². The maximum atomic E-state index is 14.1. The molecular formula is C15H13F2N3S. The van der Waals surface area contributed by atoms with Crippen molar-refractivity contribution in [3.63, 3.8) is 0 Å². The lowest BCUT2D eigenvalue weighted by Gasteiger charge is -2.14. The number of hydrogen-bond donors (Lipinski definition) is 1. The van der Waals surface area contributed by atoms with Gasteiger partial charge in [-0.25, -0.2) is 13.5 Å². The lowest BCUT2D eigenvalue weighted by Crippen LogP contribution is -2.13. The molecule has 1 fully saturated rings. The van der Waals surface area contributed by atoms with E-state index < -0.39 is 11.6 Å². The number of nitrogens with zero attached hydrogens (tertiary/aromatic N) is 2. The summed E-state index contributed by atoms with van der Waals surface area (Å²) in [5, 5.41) is 4.42. The average Bonchev–Trinajstić information content (AvgIpc) is 3.09. The first-order chi connectivity index (χ1) is 10.1. The molecule has 1 aromatic carbocycles. The van der Waals surface area contributed by atoms with Crippen LogP contribution in [0.3, 0.4) is 0 Å². The van der Waals surface area contributed by atoms with Gasteiger partial charge < -0.3 is 5.73 Å². The first-order valence-electron chi connectivity index (χ1n) is 6.94. The van der Waals surface area contributed by atoms with Gasteiger partial charge >= 0.3 is 0 Å². The Morgan fingerprint density at radius 1 is 1.29 bits per heavy atom. The second-order valence-corrected chi connectivity index (χ2v) is 6.17. The van der Waals surface area contributed by atoms with E-state index in [1.54, 1.807) is 4.68 Å². The van der Waals surface area contributed by atoms with Gasteiger partial charge in [-0.2, -0.15) is 5.10 Å². The van der Waals surface area contributed by atoms with Gasteiger partial charge in [-0.15, -0.1) is 0 Å². The number of fused-ring (bicyclic) bond motifs is 5. The monoisotopic (exact) mass is 305 g/mol.